The van der Waals surface area contributed by atoms with Crippen molar-refractivity contribution in [3.63, 3.8) is 0 Å². The topological polar surface area (TPSA) is 18.5 Å². The predicted molar refractivity (Wildman–Crippen MR) is 80.4 cm³/mol. The number of hydrogen-bond acceptors (Lipinski definition) is 2. The van der Waals surface area contributed by atoms with Crippen LogP contribution in [-0.4, -0.2) is 12.7 Å². The second-order valence-electron chi connectivity index (χ2n) is 5.23. The van der Waals surface area contributed by atoms with Gasteiger partial charge < -0.3 is 9.47 Å². The third-order valence-corrected chi connectivity index (χ3v) is 3.65. The summed E-state index contributed by atoms with van der Waals surface area (Å²) < 4.78 is 11.7. The van der Waals surface area contributed by atoms with Gasteiger partial charge in [0, 0.05) is 0 Å². The highest BCUT2D eigenvalue weighted by atomic mass is 16.6. The summed E-state index contributed by atoms with van der Waals surface area (Å²) in [7, 11) is 0. The lowest BCUT2D eigenvalue weighted by Crippen LogP contribution is -2.28. The molecule has 0 aromatic heterocycles. The Hall–Kier alpha value is -1.96. The van der Waals surface area contributed by atoms with E-state index in [-0.39, 0.29) is 6.10 Å². The fourth-order valence-corrected chi connectivity index (χ4v) is 2.55. The molecule has 20 heavy (non-hydrogen) atoms. The van der Waals surface area contributed by atoms with Crippen molar-refractivity contribution in [3.05, 3.63) is 60.2 Å². The molecule has 2 nitrogen and oxygen atoms in total. The molecule has 1 unspecified atom stereocenters. The van der Waals surface area contributed by atoms with Gasteiger partial charge >= 0.3 is 0 Å². The Morgan fingerprint density at radius 1 is 0.850 bits per heavy atom. The standard InChI is InChI=1S/C18H20O2/c1-2-8-15(9-3-1)10-4-5-11-16-14-19-17-12-6-7-13-18(17)20-16/h1-3,6-9,12-13,16H,4-5,10-11,14H2. The molecule has 0 spiro atoms. The average Bonchev–Trinajstić information content (AvgIpc) is 2.52. The Morgan fingerprint density at radius 3 is 2.45 bits per heavy atom. The van der Waals surface area contributed by atoms with Gasteiger partial charge in [-0.15, -0.1) is 0 Å². The molecule has 2 aromatic rings. The van der Waals surface area contributed by atoms with Crippen molar-refractivity contribution in [2.45, 2.75) is 31.8 Å². The van der Waals surface area contributed by atoms with E-state index in [1.807, 2.05) is 24.3 Å². The van der Waals surface area contributed by atoms with E-state index in [1.165, 1.54) is 18.4 Å². The van der Waals surface area contributed by atoms with Gasteiger partial charge in [-0.05, 0) is 43.4 Å². The van der Waals surface area contributed by atoms with Gasteiger partial charge in [0.25, 0.3) is 0 Å². The van der Waals surface area contributed by atoms with Crippen LogP contribution in [0.4, 0.5) is 0 Å². The monoisotopic (exact) mass is 268 g/mol. The quantitative estimate of drug-likeness (QED) is 0.755. The summed E-state index contributed by atoms with van der Waals surface area (Å²) in [6.07, 6.45) is 4.77. The number of para-hydroxylation sites is 2. The molecule has 2 heteroatoms. The van der Waals surface area contributed by atoms with Gasteiger partial charge in [-0.2, -0.15) is 0 Å². The zero-order valence-electron chi connectivity index (χ0n) is 11.6. The zero-order chi connectivity index (χ0) is 13.6. The van der Waals surface area contributed by atoms with Crippen LogP contribution in [0.15, 0.2) is 54.6 Å². The van der Waals surface area contributed by atoms with Gasteiger partial charge in [0.2, 0.25) is 0 Å². The van der Waals surface area contributed by atoms with Gasteiger partial charge in [0.1, 0.15) is 12.7 Å². The molecule has 0 amide bonds. The molecule has 104 valence electrons. The van der Waals surface area contributed by atoms with Crippen molar-refractivity contribution in [1.82, 2.24) is 0 Å². The van der Waals surface area contributed by atoms with E-state index in [9.17, 15) is 0 Å². The minimum absolute atomic E-state index is 0.195. The summed E-state index contributed by atoms with van der Waals surface area (Å²) in [5.74, 6) is 1.75. The Bertz CT molecular complexity index is 536. The Balaban J connectivity index is 1.42. The van der Waals surface area contributed by atoms with E-state index < -0.39 is 0 Å². The zero-order valence-corrected chi connectivity index (χ0v) is 11.6. The Kier molecular flexibility index (Phi) is 4.22. The van der Waals surface area contributed by atoms with Crippen LogP contribution >= 0.6 is 0 Å². The molecule has 1 atom stereocenters. The van der Waals surface area contributed by atoms with Gasteiger partial charge in [-0.25, -0.2) is 0 Å². The number of ether oxygens (including phenoxy) is 2. The molecule has 0 N–H and O–H groups in total. The van der Waals surface area contributed by atoms with E-state index in [1.54, 1.807) is 0 Å². The number of unbranched alkanes of at least 4 members (excludes halogenated alkanes) is 1. The molecule has 3 rings (SSSR count). The van der Waals surface area contributed by atoms with Crippen molar-refractivity contribution < 1.29 is 9.47 Å². The maximum atomic E-state index is 5.96. The van der Waals surface area contributed by atoms with E-state index >= 15 is 0 Å². The number of hydrogen-bond donors (Lipinski definition) is 0. The molecule has 0 fully saturated rings. The van der Waals surface area contributed by atoms with Crippen LogP contribution in [0.25, 0.3) is 0 Å². The first kappa shape index (κ1) is 13.0. The largest absolute Gasteiger partial charge is 0.486 e. The molecule has 1 aliphatic rings. The van der Waals surface area contributed by atoms with Crippen molar-refractivity contribution in [1.29, 1.82) is 0 Å². The maximum absolute atomic E-state index is 5.96. The molecule has 0 saturated heterocycles. The lowest BCUT2D eigenvalue weighted by atomic mass is 10.1. The first-order valence-electron chi connectivity index (χ1n) is 7.34. The predicted octanol–water partition coefficient (Wildman–Crippen LogP) is 4.24. The van der Waals surface area contributed by atoms with E-state index in [2.05, 4.69) is 30.3 Å². The summed E-state index contributed by atoms with van der Waals surface area (Å²) in [5, 5.41) is 0. The minimum atomic E-state index is 0.195. The van der Waals surface area contributed by atoms with Gasteiger partial charge in [0.05, 0.1) is 0 Å². The molecule has 0 radical (unpaired) electrons. The molecule has 2 aromatic carbocycles. The third kappa shape index (κ3) is 3.32. The highest BCUT2D eigenvalue weighted by Gasteiger charge is 2.19. The average molecular weight is 268 g/mol. The van der Waals surface area contributed by atoms with Crippen molar-refractivity contribution >= 4 is 0 Å². The van der Waals surface area contributed by atoms with Crippen molar-refractivity contribution in [2.75, 3.05) is 6.61 Å². The second-order valence-corrected chi connectivity index (χ2v) is 5.23. The van der Waals surface area contributed by atoms with Gasteiger partial charge in [-0.3, -0.25) is 0 Å². The Morgan fingerprint density at radius 2 is 1.60 bits per heavy atom. The lowest BCUT2D eigenvalue weighted by molar-refractivity contribution is 0.0830. The van der Waals surface area contributed by atoms with E-state index in [0.717, 1.165) is 24.3 Å². The van der Waals surface area contributed by atoms with Gasteiger partial charge in [-0.1, -0.05) is 42.5 Å². The number of benzene rings is 2. The highest BCUT2D eigenvalue weighted by molar-refractivity contribution is 5.40. The molecule has 0 aliphatic carbocycles. The molecule has 0 bridgehead atoms. The van der Waals surface area contributed by atoms with Crippen molar-refractivity contribution in [3.8, 4) is 11.5 Å². The van der Waals surface area contributed by atoms with Crippen LogP contribution < -0.4 is 9.47 Å². The summed E-state index contributed by atoms with van der Waals surface area (Å²) >= 11 is 0. The number of fused-ring (bicyclic) bond motifs is 1. The van der Waals surface area contributed by atoms with Crippen molar-refractivity contribution in [2.24, 2.45) is 0 Å². The number of rotatable bonds is 5. The molecule has 1 aliphatic heterocycles. The molecule has 0 saturated carbocycles. The number of aryl methyl sites for hydroxylation is 1. The third-order valence-electron chi connectivity index (χ3n) is 3.65. The normalized spacial score (nSPS) is 16.9. The van der Waals surface area contributed by atoms with Crippen LogP contribution in [0.2, 0.25) is 0 Å². The van der Waals surface area contributed by atoms with E-state index in [4.69, 9.17) is 9.47 Å². The summed E-state index contributed by atoms with van der Waals surface area (Å²) in [6.45, 7) is 0.669. The first-order chi connectivity index (χ1) is 9.92. The van der Waals surface area contributed by atoms with Gasteiger partial charge in [0.15, 0.2) is 11.5 Å². The summed E-state index contributed by atoms with van der Waals surface area (Å²) in [6, 6.07) is 18.5. The fourth-order valence-electron chi connectivity index (χ4n) is 2.55. The SMILES string of the molecule is c1ccc(CCCCC2COc3ccccc3O2)cc1. The Labute approximate surface area is 120 Å². The highest BCUT2D eigenvalue weighted by Crippen LogP contribution is 2.31. The molecular weight excluding hydrogens is 248 g/mol. The molecule has 1 heterocycles. The van der Waals surface area contributed by atoms with Crippen LogP contribution in [0, 0.1) is 0 Å². The van der Waals surface area contributed by atoms with Crippen LogP contribution in [-0.2, 0) is 6.42 Å². The summed E-state index contributed by atoms with van der Waals surface area (Å²) in [4.78, 5) is 0. The van der Waals surface area contributed by atoms with Crippen LogP contribution in [0.1, 0.15) is 24.8 Å². The fraction of sp³-hybridized carbons (Fsp3) is 0.333. The second kappa shape index (κ2) is 6.47. The maximum Gasteiger partial charge on any atom is 0.161 e. The van der Waals surface area contributed by atoms with Crippen LogP contribution in [0.3, 0.4) is 0 Å². The lowest BCUT2D eigenvalue weighted by Gasteiger charge is -2.26. The summed E-state index contributed by atoms with van der Waals surface area (Å²) in [5.41, 5.74) is 1.42. The molecular formula is C18H20O2. The van der Waals surface area contributed by atoms with Crippen LogP contribution in [0.5, 0.6) is 11.5 Å². The van der Waals surface area contributed by atoms with E-state index in [0.29, 0.717) is 6.61 Å². The minimum Gasteiger partial charge on any atom is -0.486 e. The smallest absolute Gasteiger partial charge is 0.161 e. The first-order valence-corrected chi connectivity index (χ1v) is 7.34.